The Kier molecular flexibility index (Phi) is 5.42. The second-order valence-electron chi connectivity index (χ2n) is 6.98. The van der Waals surface area contributed by atoms with Gasteiger partial charge in [-0.05, 0) is 38.0 Å². The van der Waals surface area contributed by atoms with Gasteiger partial charge in [0.05, 0.1) is 5.41 Å². The maximum absolute atomic E-state index is 12.9. The zero-order chi connectivity index (χ0) is 15.5. The van der Waals surface area contributed by atoms with Crippen LogP contribution >= 0.6 is 0 Å². The fraction of sp³-hybridized carbons (Fsp3) is 0.882. The van der Waals surface area contributed by atoms with Crippen molar-refractivity contribution >= 4 is 11.8 Å². The molecule has 2 aliphatic rings. The van der Waals surface area contributed by atoms with Crippen LogP contribution in [-0.2, 0) is 9.59 Å². The molecular weight excluding hydrogens is 264 g/mol. The molecule has 0 bridgehead atoms. The van der Waals surface area contributed by atoms with Gasteiger partial charge in [0.15, 0.2) is 0 Å². The highest BCUT2D eigenvalue weighted by Gasteiger charge is 2.55. The van der Waals surface area contributed by atoms with Gasteiger partial charge in [0.1, 0.15) is 0 Å². The Morgan fingerprint density at radius 1 is 1.19 bits per heavy atom. The van der Waals surface area contributed by atoms with E-state index in [4.69, 9.17) is 0 Å². The van der Waals surface area contributed by atoms with Crippen LogP contribution in [0, 0.1) is 11.3 Å². The fourth-order valence-corrected chi connectivity index (χ4v) is 3.81. The number of unbranched alkanes of at least 4 members (excludes halogenated alkanes) is 2. The first kappa shape index (κ1) is 16.5. The number of carbonyl (C=O) groups is 2. The molecule has 0 radical (unpaired) electrons. The van der Waals surface area contributed by atoms with Crippen LogP contribution in [0.15, 0.2) is 0 Å². The van der Waals surface area contributed by atoms with Crippen LogP contribution in [-0.4, -0.2) is 34.9 Å². The third-order valence-electron chi connectivity index (χ3n) is 5.05. The average molecular weight is 294 g/mol. The largest absolute Gasteiger partial charge is 0.273 e. The minimum atomic E-state index is -0.368. The lowest BCUT2D eigenvalue weighted by atomic mass is 9.84. The van der Waals surface area contributed by atoms with E-state index in [1.54, 1.807) is 0 Å². The van der Waals surface area contributed by atoms with Crippen molar-refractivity contribution in [1.29, 1.82) is 0 Å². The Balaban J connectivity index is 2.12. The van der Waals surface area contributed by atoms with Gasteiger partial charge in [0.2, 0.25) is 5.91 Å². The van der Waals surface area contributed by atoms with E-state index in [-0.39, 0.29) is 17.2 Å². The summed E-state index contributed by atoms with van der Waals surface area (Å²) in [5.74, 6) is 0.687. The summed E-state index contributed by atoms with van der Waals surface area (Å²) >= 11 is 0. The second-order valence-corrected chi connectivity index (χ2v) is 6.98. The van der Waals surface area contributed by atoms with E-state index >= 15 is 0 Å². The van der Waals surface area contributed by atoms with Crippen LogP contribution in [0.1, 0.15) is 72.1 Å². The van der Waals surface area contributed by atoms with E-state index in [0.717, 1.165) is 58.0 Å². The lowest BCUT2D eigenvalue weighted by Crippen LogP contribution is -2.48. The van der Waals surface area contributed by atoms with Crippen molar-refractivity contribution in [2.24, 2.45) is 11.3 Å². The van der Waals surface area contributed by atoms with Gasteiger partial charge >= 0.3 is 0 Å². The lowest BCUT2D eigenvalue weighted by Gasteiger charge is -2.31. The van der Waals surface area contributed by atoms with E-state index in [2.05, 4.69) is 20.8 Å². The molecule has 0 aromatic rings. The van der Waals surface area contributed by atoms with Crippen molar-refractivity contribution in [2.45, 2.75) is 72.1 Å². The molecule has 2 amide bonds. The van der Waals surface area contributed by atoms with E-state index in [9.17, 15) is 9.59 Å². The maximum atomic E-state index is 12.9. The molecule has 2 rings (SSSR count). The molecule has 4 nitrogen and oxygen atoms in total. The van der Waals surface area contributed by atoms with Crippen LogP contribution in [0.25, 0.3) is 0 Å². The van der Waals surface area contributed by atoms with Crippen LogP contribution in [0.3, 0.4) is 0 Å². The minimum absolute atomic E-state index is 0.0290. The third-order valence-corrected chi connectivity index (χ3v) is 5.05. The normalized spacial score (nSPS) is 29.3. The fourth-order valence-electron chi connectivity index (χ4n) is 3.81. The molecule has 1 aliphatic carbocycles. The molecular formula is C17H30N2O2. The van der Waals surface area contributed by atoms with Gasteiger partial charge < -0.3 is 0 Å². The van der Waals surface area contributed by atoms with Crippen LogP contribution in [0.2, 0.25) is 0 Å². The minimum Gasteiger partial charge on any atom is -0.273 e. The van der Waals surface area contributed by atoms with Crippen molar-refractivity contribution in [2.75, 3.05) is 13.1 Å². The highest BCUT2D eigenvalue weighted by atomic mass is 16.2. The summed E-state index contributed by atoms with van der Waals surface area (Å²) in [6.07, 6.45) is 7.53. The highest BCUT2D eigenvalue weighted by Crippen LogP contribution is 2.49. The molecule has 1 aliphatic heterocycles. The molecule has 0 unspecified atom stereocenters. The molecule has 0 aromatic carbocycles. The predicted molar refractivity (Wildman–Crippen MR) is 83.3 cm³/mol. The van der Waals surface area contributed by atoms with Gasteiger partial charge in [-0.25, -0.2) is 10.0 Å². The van der Waals surface area contributed by atoms with E-state index in [0.29, 0.717) is 12.3 Å². The van der Waals surface area contributed by atoms with Crippen LogP contribution in [0.5, 0.6) is 0 Å². The Morgan fingerprint density at radius 3 is 2.29 bits per heavy atom. The first-order valence-corrected chi connectivity index (χ1v) is 8.66. The Hall–Kier alpha value is -0.900. The molecule has 0 aromatic heterocycles. The number of hydrazine groups is 1. The molecule has 0 N–H and O–H groups in total. The monoisotopic (exact) mass is 294 g/mol. The summed E-state index contributed by atoms with van der Waals surface area (Å²) in [5.41, 5.74) is -0.368. The standard InChI is InChI=1S/C17H30N2O2/c1-4-6-10-18(11-7-5-2)19-15(20)13-17(16(19)21)9-8-14(3)12-17/h14H,4-13H2,1-3H3/t14-,17+/m1/s1. The summed E-state index contributed by atoms with van der Waals surface area (Å²) in [4.78, 5) is 25.4. The smallest absolute Gasteiger partial charge is 0.250 e. The number of hydrogen-bond acceptors (Lipinski definition) is 3. The highest BCUT2D eigenvalue weighted by molar-refractivity contribution is 6.05. The SMILES string of the molecule is CCCCN(CCCC)N1C(=O)C[C@@]2(CC[C@@H](C)C2)C1=O. The first-order valence-electron chi connectivity index (χ1n) is 8.66. The number of nitrogens with zero attached hydrogens (tertiary/aromatic N) is 2. The van der Waals surface area contributed by atoms with Crippen molar-refractivity contribution in [3.05, 3.63) is 0 Å². The zero-order valence-corrected chi connectivity index (χ0v) is 13.9. The third kappa shape index (κ3) is 3.31. The topological polar surface area (TPSA) is 40.6 Å². The number of amides is 2. The molecule has 1 saturated heterocycles. The van der Waals surface area contributed by atoms with Crippen LogP contribution < -0.4 is 0 Å². The summed E-state index contributed by atoms with van der Waals surface area (Å²) in [6, 6.07) is 0. The lowest BCUT2D eigenvalue weighted by molar-refractivity contribution is -0.160. The van der Waals surface area contributed by atoms with Gasteiger partial charge in [0, 0.05) is 19.5 Å². The predicted octanol–water partition coefficient (Wildman–Crippen LogP) is 3.37. The molecule has 2 atom stereocenters. The number of hydrogen-bond donors (Lipinski definition) is 0. The quantitative estimate of drug-likeness (QED) is 0.676. The number of carbonyl (C=O) groups excluding carboxylic acids is 2. The van der Waals surface area contributed by atoms with E-state index in [1.807, 2.05) is 5.01 Å². The van der Waals surface area contributed by atoms with Crippen molar-refractivity contribution < 1.29 is 9.59 Å². The summed E-state index contributed by atoms with van der Waals surface area (Å²) in [5, 5.41) is 3.54. The number of imide groups is 1. The molecule has 2 fully saturated rings. The summed E-state index contributed by atoms with van der Waals surface area (Å²) < 4.78 is 0. The van der Waals surface area contributed by atoms with Gasteiger partial charge in [0.25, 0.3) is 5.91 Å². The van der Waals surface area contributed by atoms with Crippen LogP contribution in [0.4, 0.5) is 0 Å². The molecule has 1 saturated carbocycles. The Morgan fingerprint density at radius 2 is 1.81 bits per heavy atom. The van der Waals surface area contributed by atoms with Crippen molar-refractivity contribution in [3.63, 3.8) is 0 Å². The van der Waals surface area contributed by atoms with Gasteiger partial charge in [-0.3, -0.25) is 9.59 Å². The molecule has 4 heteroatoms. The maximum Gasteiger partial charge on any atom is 0.250 e. The van der Waals surface area contributed by atoms with E-state index in [1.165, 1.54) is 5.01 Å². The second kappa shape index (κ2) is 6.91. The van der Waals surface area contributed by atoms with Crippen molar-refractivity contribution in [3.8, 4) is 0 Å². The average Bonchev–Trinajstić information content (AvgIpc) is 2.93. The van der Waals surface area contributed by atoms with E-state index < -0.39 is 0 Å². The number of rotatable bonds is 7. The van der Waals surface area contributed by atoms with Gasteiger partial charge in [-0.1, -0.05) is 33.6 Å². The van der Waals surface area contributed by atoms with Gasteiger partial charge in [-0.15, -0.1) is 0 Å². The molecule has 120 valence electrons. The zero-order valence-electron chi connectivity index (χ0n) is 13.9. The summed E-state index contributed by atoms with van der Waals surface area (Å²) in [6.45, 7) is 8.12. The molecule has 1 heterocycles. The summed E-state index contributed by atoms with van der Waals surface area (Å²) in [7, 11) is 0. The molecule has 1 spiro atoms. The first-order chi connectivity index (χ1) is 10.0. The Bertz CT molecular complexity index is 388. The molecule has 21 heavy (non-hydrogen) atoms. The van der Waals surface area contributed by atoms with Crippen molar-refractivity contribution in [1.82, 2.24) is 10.0 Å². The Labute approximate surface area is 128 Å². The van der Waals surface area contributed by atoms with Gasteiger partial charge in [-0.2, -0.15) is 0 Å².